The number of nitrogens with zero attached hydrogens (tertiary/aromatic N) is 2. The molecule has 0 aromatic heterocycles. The van der Waals surface area contributed by atoms with E-state index in [0.29, 0.717) is 17.4 Å². The number of hydrogen-bond acceptors (Lipinski definition) is 5. The van der Waals surface area contributed by atoms with E-state index in [4.69, 9.17) is 24.2 Å². The summed E-state index contributed by atoms with van der Waals surface area (Å²) in [5.74, 6) is -55.9. The van der Waals surface area contributed by atoms with Gasteiger partial charge in [0.2, 0.25) is 0 Å². The standard InChI is InChI=1S/C34H39F17N2O3/c1-24(2,3)20-16-55-22(52-20)26(7,23-53-21(17-56-23)25(4,5)6)15-18-9-11-19(12-10-18)54-14-8-13-27(35,36)28(37,38)29(39,40)30(41,42)31(43,44)32(45,46)33(47,48)34(49,50)51/h9-12,20-21H,8,13-17H2,1-7H3/t20-,21-/m1/s1. The number of benzene rings is 1. The lowest BCUT2D eigenvalue weighted by Crippen LogP contribution is -2.74. The van der Waals surface area contributed by atoms with Crippen LogP contribution in [0.25, 0.3) is 0 Å². The number of alkyl halides is 17. The maximum Gasteiger partial charge on any atom is 0.460 e. The molecule has 0 fully saturated rings. The van der Waals surface area contributed by atoms with Crippen LogP contribution in [0.5, 0.6) is 5.75 Å². The highest BCUT2D eigenvalue weighted by Gasteiger charge is 2.95. The first-order valence-electron chi connectivity index (χ1n) is 16.7. The highest BCUT2D eigenvalue weighted by atomic mass is 19.4. The van der Waals surface area contributed by atoms with E-state index in [2.05, 4.69) is 0 Å². The van der Waals surface area contributed by atoms with Crippen molar-refractivity contribution in [3.05, 3.63) is 29.8 Å². The van der Waals surface area contributed by atoms with E-state index < -0.39 is 72.5 Å². The van der Waals surface area contributed by atoms with E-state index in [9.17, 15) is 74.6 Å². The number of halogens is 17. The predicted molar refractivity (Wildman–Crippen MR) is 167 cm³/mol. The van der Waals surface area contributed by atoms with Crippen LogP contribution in [-0.4, -0.2) is 91.3 Å². The molecule has 22 heteroatoms. The summed E-state index contributed by atoms with van der Waals surface area (Å²) >= 11 is 0. The molecule has 2 aliphatic heterocycles. The molecule has 2 atom stereocenters. The van der Waals surface area contributed by atoms with Crippen molar-refractivity contribution in [1.82, 2.24) is 0 Å². The van der Waals surface area contributed by atoms with E-state index in [1.54, 1.807) is 6.92 Å². The topological polar surface area (TPSA) is 52.4 Å². The second-order valence-corrected chi connectivity index (χ2v) is 16.0. The van der Waals surface area contributed by atoms with Crippen molar-refractivity contribution in [1.29, 1.82) is 0 Å². The smallest absolute Gasteiger partial charge is 0.460 e. The SMILES string of the molecule is CC(Cc1ccc(OCCCC(F)(F)C(F)(F)C(F)(F)C(F)(F)C(F)(F)C(F)(F)C(F)(F)C(F)(F)F)cc1)(C1=N[C@@H](C(C)(C)C)CO1)C1=N[C@@H](C(C)(C)C)CO1. The first-order valence-corrected chi connectivity index (χ1v) is 16.7. The van der Waals surface area contributed by atoms with Crippen LogP contribution >= 0.6 is 0 Å². The molecule has 3 rings (SSSR count). The van der Waals surface area contributed by atoms with Crippen LogP contribution in [0.3, 0.4) is 0 Å². The van der Waals surface area contributed by atoms with Crippen molar-refractivity contribution >= 4 is 11.8 Å². The van der Waals surface area contributed by atoms with E-state index in [1.807, 2.05) is 41.5 Å². The minimum Gasteiger partial charge on any atom is -0.494 e. The first kappa shape index (κ1) is 47.1. The van der Waals surface area contributed by atoms with Gasteiger partial charge in [-0.2, -0.15) is 74.6 Å². The summed E-state index contributed by atoms with van der Waals surface area (Å²) in [5.41, 5.74) is -0.962. The van der Waals surface area contributed by atoms with Gasteiger partial charge in [-0.15, -0.1) is 0 Å². The zero-order chi connectivity index (χ0) is 43.6. The predicted octanol–water partition coefficient (Wildman–Crippen LogP) is 11.1. The summed E-state index contributed by atoms with van der Waals surface area (Å²) in [6.45, 7) is 13.2. The summed E-state index contributed by atoms with van der Waals surface area (Å²) in [5, 5.41) is 0. The van der Waals surface area contributed by atoms with Crippen LogP contribution in [0, 0.1) is 16.2 Å². The Hall–Kier alpha value is -3.23. The fraction of sp³-hybridized carbons (Fsp3) is 0.765. The van der Waals surface area contributed by atoms with Gasteiger partial charge in [-0.25, -0.2) is 9.98 Å². The van der Waals surface area contributed by atoms with Crippen molar-refractivity contribution in [3.8, 4) is 5.75 Å². The molecule has 0 aliphatic carbocycles. The molecular weight excluding hydrogens is 807 g/mol. The lowest BCUT2D eigenvalue weighted by atomic mass is 9.82. The fourth-order valence-electron chi connectivity index (χ4n) is 5.43. The highest BCUT2D eigenvalue weighted by Crippen LogP contribution is 2.64. The van der Waals surface area contributed by atoms with Crippen LogP contribution < -0.4 is 4.74 Å². The van der Waals surface area contributed by atoms with Crippen molar-refractivity contribution < 1.29 is 88.8 Å². The molecular formula is C34H39F17N2O3. The van der Waals surface area contributed by atoms with Gasteiger partial charge in [0.1, 0.15) is 24.4 Å². The van der Waals surface area contributed by atoms with Gasteiger partial charge in [0.15, 0.2) is 11.8 Å². The zero-order valence-corrected chi connectivity index (χ0v) is 30.8. The maximum atomic E-state index is 14.3. The van der Waals surface area contributed by atoms with Crippen LogP contribution in [-0.2, 0) is 15.9 Å². The minimum atomic E-state index is -8.66. The number of ether oxygens (including phenoxy) is 3. The van der Waals surface area contributed by atoms with Gasteiger partial charge in [-0.1, -0.05) is 53.7 Å². The Kier molecular flexibility index (Phi) is 12.2. The second-order valence-electron chi connectivity index (χ2n) is 16.0. The number of hydrogen-bond donors (Lipinski definition) is 0. The quantitative estimate of drug-likeness (QED) is 0.131. The molecule has 0 amide bonds. The molecule has 0 spiro atoms. The van der Waals surface area contributed by atoms with Crippen LogP contribution in [0.15, 0.2) is 34.3 Å². The van der Waals surface area contributed by atoms with E-state index in [1.165, 1.54) is 24.3 Å². The van der Waals surface area contributed by atoms with E-state index in [0.717, 1.165) is 0 Å². The number of aliphatic imine (C=N–C) groups is 2. The molecule has 1 aromatic rings. The Morgan fingerprint density at radius 1 is 0.554 bits per heavy atom. The van der Waals surface area contributed by atoms with Gasteiger partial charge >= 0.3 is 47.6 Å². The summed E-state index contributed by atoms with van der Waals surface area (Å²) in [7, 11) is 0. The van der Waals surface area contributed by atoms with Gasteiger partial charge in [0.05, 0.1) is 18.7 Å². The largest absolute Gasteiger partial charge is 0.494 e. The van der Waals surface area contributed by atoms with Crippen LogP contribution in [0.4, 0.5) is 74.6 Å². The van der Waals surface area contributed by atoms with Gasteiger partial charge in [-0.3, -0.25) is 0 Å². The third-order valence-corrected chi connectivity index (χ3v) is 9.42. The van der Waals surface area contributed by atoms with Crippen molar-refractivity contribution in [3.63, 3.8) is 0 Å². The molecule has 0 unspecified atom stereocenters. The van der Waals surface area contributed by atoms with Crippen molar-refractivity contribution in [2.75, 3.05) is 19.8 Å². The Balaban J connectivity index is 1.75. The van der Waals surface area contributed by atoms with Gasteiger partial charge in [-0.05, 0) is 48.3 Å². The molecule has 0 saturated carbocycles. The van der Waals surface area contributed by atoms with Gasteiger partial charge in [0, 0.05) is 6.42 Å². The maximum absolute atomic E-state index is 14.3. The third-order valence-electron chi connectivity index (χ3n) is 9.42. The molecule has 1 aromatic carbocycles. The summed E-state index contributed by atoms with van der Waals surface area (Å²) in [6, 6.07) is 5.08. The van der Waals surface area contributed by atoms with Gasteiger partial charge in [0.25, 0.3) is 0 Å². The molecule has 0 N–H and O–H groups in total. The average Bonchev–Trinajstić information content (AvgIpc) is 3.75. The van der Waals surface area contributed by atoms with Crippen LogP contribution in [0.2, 0.25) is 0 Å². The monoisotopic (exact) mass is 846 g/mol. The molecule has 0 radical (unpaired) electrons. The highest BCUT2D eigenvalue weighted by molar-refractivity contribution is 6.06. The zero-order valence-electron chi connectivity index (χ0n) is 30.8. The lowest BCUT2D eigenvalue weighted by molar-refractivity contribution is -0.461. The van der Waals surface area contributed by atoms with Crippen molar-refractivity contribution in [2.24, 2.45) is 26.2 Å². The van der Waals surface area contributed by atoms with Crippen LogP contribution in [0.1, 0.15) is 66.9 Å². The molecule has 322 valence electrons. The minimum absolute atomic E-state index is 0.139. The third kappa shape index (κ3) is 8.08. The summed E-state index contributed by atoms with van der Waals surface area (Å²) < 4.78 is 247. The fourth-order valence-corrected chi connectivity index (χ4v) is 5.43. The molecule has 5 nitrogen and oxygen atoms in total. The van der Waals surface area contributed by atoms with E-state index >= 15 is 0 Å². The average molecular weight is 847 g/mol. The molecule has 56 heavy (non-hydrogen) atoms. The Bertz CT molecular complexity index is 1570. The Morgan fingerprint density at radius 2 is 0.929 bits per heavy atom. The second kappa shape index (κ2) is 14.5. The molecule has 0 saturated heterocycles. The summed E-state index contributed by atoms with van der Waals surface area (Å²) in [6.07, 6.45) is -11.6. The molecule has 2 heterocycles. The number of rotatable bonds is 15. The normalized spacial score (nSPS) is 20.1. The Labute approximate surface area is 310 Å². The van der Waals surface area contributed by atoms with E-state index in [-0.39, 0.29) is 48.3 Å². The Morgan fingerprint density at radius 3 is 1.29 bits per heavy atom. The first-order chi connectivity index (χ1) is 24.8. The summed E-state index contributed by atoms with van der Waals surface area (Å²) in [4.78, 5) is 9.60. The lowest BCUT2D eigenvalue weighted by Gasteiger charge is -2.42. The molecule has 0 bridgehead atoms. The molecule has 2 aliphatic rings. The van der Waals surface area contributed by atoms with Crippen molar-refractivity contribution in [2.45, 2.75) is 127 Å². The van der Waals surface area contributed by atoms with Gasteiger partial charge < -0.3 is 14.2 Å².